The number of aromatic nitrogens is 4. The van der Waals surface area contributed by atoms with E-state index in [2.05, 4.69) is 21.9 Å². The molecule has 1 atom stereocenters. The minimum atomic E-state index is -0.371. The highest BCUT2D eigenvalue weighted by Gasteiger charge is 2.32. The lowest BCUT2D eigenvalue weighted by Gasteiger charge is -2.23. The smallest absolute Gasteiger partial charge is 0.240 e. The van der Waals surface area contributed by atoms with E-state index in [0.29, 0.717) is 48.4 Å². The summed E-state index contributed by atoms with van der Waals surface area (Å²) in [4.78, 5) is 31.2. The molecule has 0 bridgehead atoms. The molecule has 3 aromatic rings. The first-order chi connectivity index (χ1) is 13.7. The molecule has 0 radical (unpaired) electrons. The maximum atomic E-state index is 11.9. The lowest BCUT2D eigenvalue weighted by atomic mass is 10.2. The molecule has 1 aromatic carbocycles. The van der Waals surface area contributed by atoms with Crippen LogP contribution in [0.4, 0.5) is 5.82 Å². The number of hydrogen-bond donors (Lipinski definition) is 2. The SMILES string of the molecule is CCCOCc1nc2nc(-c3ccccc3)nc(N3CCC[C@H]3C(N)=O)c2[nH]1. The molecule has 1 amide bonds. The van der Waals surface area contributed by atoms with E-state index in [9.17, 15) is 4.79 Å². The number of imidazole rings is 1. The van der Waals surface area contributed by atoms with E-state index < -0.39 is 0 Å². The molecule has 1 saturated heterocycles. The number of hydrogen-bond acceptors (Lipinski definition) is 6. The van der Waals surface area contributed by atoms with Gasteiger partial charge in [0.05, 0.1) is 0 Å². The van der Waals surface area contributed by atoms with E-state index in [-0.39, 0.29) is 11.9 Å². The number of primary amides is 1. The maximum Gasteiger partial charge on any atom is 0.240 e. The number of carbonyl (C=O) groups excluding carboxylic acids is 1. The Morgan fingerprint density at radius 2 is 2.11 bits per heavy atom. The third-order valence-electron chi connectivity index (χ3n) is 4.85. The quantitative estimate of drug-likeness (QED) is 0.609. The van der Waals surface area contributed by atoms with E-state index in [1.807, 2.05) is 35.2 Å². The molecule has 8 heteroatoms. The Morgan fingerprint density at radius 1 is 1.29 bits per heavy atom. The van der Waals surface area contributed by atoms with Crippen molar-refractivity contribution in [1.29, 1.82) is 0 Å². The second-order valence-corrected chi connectivity index (χ2v) is 6.93. The van der Waals surface area contributed by atoms with E-state index in [1.165, 1.54) is 0 Å². The predicted octanol–water partition coefficient (Wildman–Crippen LogP) is 2.40. The van der Waals surface area contributed by atoms with Crippen LogP contribution < -0.4 is 10.6 Å². The fourth-order valence-corrected chi connectivity index (χ4v) is 3.55. The Kier molecular flexibility index (Phi) is 5.21. The fourth-order valence-electron chi connectivity index (χ4n) is 3.55. The van der Waals surface area contributed by atoms with Gasteiger partial charge in [0.2, 0.25) is 5.91 Å². The number of nitrogens with two attached hydrogens (primary N) is 1. The third-order valence-corrected chi connectivity index (χ3v) is 4.85. The molecule has 3 heterocycles. The van der Waals surface area contributed by atoms with Crippen molar-refractivity contribution in [2.75, 3.05) is 18.1 Å². The van der Waals surface area contributed by atoms with Crippen LogP contribution in [0.25, 0.3) is 22.6 Å². The van der Waals surface area contributed by atoms with Gasteiger partial charge in [-0.1, -0.05) is 37.3 Å². The van der Waals surface area contributed by atoms with Gasteiger partial charge in [-0.25, -0.2) is 15.0 Å². The standard InChI is InChI=1S/C20H24N6O2/c1-2-11-28-12-15-22-16-19(23-15)24-18(13-7-4-3-5-8-13)25-20(16)26-10-6-9-14(26)17(21)27/h3-5,7-8,14H,2,6,9-12H2,1H3,(H2,21,27)(H,22,23,24,25)/t14-/m0/s1. The summed E-state index contributed by atoms with van der Waals surface area (Å²) in [5, 5.41) is 0. The topological polar surface area (TPSA) is 110 Å². The van der Waals surface area contributed by atoms with Gasteiger partial charge in [-0.2, -0.15) is 0 Å². The van der Waals surface area contributed by atoms with Crippen molar-refractivity contribution in [1.82, 2.24) is 19.9 Å². The first-order valence-corrected chi connectivity index (χ1v) is 9.63. The third kappa shape index (κ3) is 3.55. The van der Waals surface area contributed by atoms with Crippen LogP contribution >= 0.6 is 0 Å². The second-order valence-electron chi connectivity index (χ2n) is 6.93. The van der Waals surface area contributed by atoms with Crippen LogP contribution in [-0.4, -0.2) is 45.0 Å². The Hall–Kier alpha value is -3.00. The number of aromatic amines is 1. The Balaban J connectivity index is 1.81. The van der Waals surface area contributed by atoms with Gasteiger partial charge >= 0.3 is 0 Å². The van der Waals surface area contributed by atoms with Crippen LogP contribution in [0.5, 0.6) is 0 Å². The van der Waals surface area contributed by atoms with Crippen LogP contribution in [0.2, 0.25) is 0 Å². The number of ether oxygens (including phenoxy) is 1. The lowest BCUT2D eigenvalue weighted by molar-refractivity contribution is -0.119. The minimum Gasteiger partial charge on any atom is -0.374 e. The zero-order valence-electron chi connectivity index (χ0n) is 15.9. The van der Waals surface area contributed by atoms with Crippen LogP contribution in [0.15, 0.2) is 30.3 Å². The summed E-state index contributed by atoms with van der Waals surface area (Å²) in [6.07, 6.45) is 2.56. The number of amides is 1. The van der Waals surface area contributed by atoms with Gasteiger partial charge in [-0.15, -0.1) is 0 Å². The molecule has 146 valence electrons. The molecule has 1 aliphatic rings. The molecule has 28 heavy (non-hydrogen) atoms. The van der Waals surface area contributed by atoms with Gasteiger partial charge in [0, 0.05) is 18.7 Å². The van der Waals surface area contributed by atoms with E-state index in [0.717, 1.165) is 24.8 Å². The molecule has 1 fully saturated rings. The average Bonchev–Trinajstić information content (AvgIpc) is 3.35. The number of benzene rings is 1. The number of carbonyl (C=O) groups is 1. The normalized spacial score (nSPS) is 16.8. The summed E-state index contributed by atoms with van der Waals surface area (Å²) in [6.45, 7) is 3.82. The van der Waals surface area contributed by atoms with Gasteiger partial charge in [-0.05, 0) is 19.3 Å². The van der Waals surface area contributed by atoms with Crippen molar-refractivity contribution in [3.63, 3.8) is 0 Å². The summed E-state index contributed by atoms with van der Waals surface area (Å²) in [5.41, 5.74) is 7.81. The zero-order valence-corrected chi connectivity index (χ0v) is 15.9. The molecule has 0 spiro atoms. The molecule has 0 unspecified atom stereocenters. The van der Waals surface area contributed by atoms with Crippen LogP contribution in [0.1, 0.15) is 32.0 Å². The first-order valence-electron chi connectivity index (χ1n) is 9.63. The summed E-state index contributed by atoms with van der Waals surface area (Å²) >= 11 is 0. The summed E-state index contributed by atoms with van der Waals surface area (Å²) in [5.74, 6) is 1.60. The Bertz CT molecular complexity index is 971. The molecule has 2 aromatic heterocycles. The number of rotatable bonds is 7. The van der Waals surface area contributed by atoms with Gasteiger partial charge in [0.1, 0.15) is 24.0 Å². The fraction of sp³-hybridized carbons (Fsp3) is 0.400. The van der Waals surface area contributed by atoms with Crippen LogP contribution in [-0.2, 0) is 16.1 Å². The molecular formula is C20H24N6O2. The molecule has 0 saturated carbocycles. The van der Waals surface area contributed by atoms with Crippen molar-refractivity contribution in [3.05, 3.63) is 36.2 Å². The minimum absolute atomic E-state index is 0.337. The lowest BCUT2D eigenvalue weighted by Crippen LogP contribution is -2.41. The highest BCUT2D eigenvalue weighted by atomic mass is 16.5. The largest absolute Gasteiger partial charge is 0.374 e. The average molecular weight is 380 g/mol. The monoisotopic (exact) mass is 380 g/mol. The predicted molar refractivity (Wildman–Crippen MR) is 107 cm³/mol. The van der Waals surface area contributed by atoms with Gasteiger partial charge in [0.25, 0.3) is 0 Å². The highest BCUT2D eigenvalue weighted by molar-refractivity contribution is 5.90. The molecular weight excluding hydrogens is 356 g/mol. The molecule has 1 aliphatic heterocycles. The van der Waals surface area contributed by atoms with E-state index >= 15 is 0 Å². The molecule has 3 N–H and O–H groups in total. The number of fused-ring (bicyclic) bond motifs is 1. The van der Waals surface area contributed by atoms with Crippen molar-refractivity contribution in [2.45, 2.75) is 38.8 Å². The van der Waals surface area contributed by atoms with E-state index in [1.54, 1.807) is 0 Å². The molecule has 4 rings (SSSR count). The van der Waals surface area contributed by atoms with Gasteiger partial charge in [-0.3, -0.25) is 4.79 Å². The number of nitrogens with zero attached hydrogens (tertiary/aromatic N) is 4. The Labute approximate surface area is 163 Å². The molecule has 8 nitrogen and oxygen atoms in total. The second kappa shape index (κ2) is 7.93. The number of anilines is 1. The van der Waals surface area contributed by atoms with Gasteiger partial charge < -0.3 is 20.4 Å². The number of H-pyrrole nitrogens is 1. The maximum absolute atomic E-state index is 11.9. The van der Waals surface area contributed by atoms with Gasteiger partial charge in [0.15, 0.2) is 17.3 Å². The summed E-state index contributed by atoms with van der Waals surface area (Å²) < 4.78 is 5.61. The molecule has 0 aliphatic carbocycles. The van der Waals surface area contributed by atoms with Crippen LogP contribution in [0.3, 0.4) is 0 Å². The van der Waals surface area contributed by atoms with Crippen molar-refractivity contribution in [3.8, 4) is 11.4 Å². The van der Waals surface area contributed by atoms with Crippen LogP contribution in [0, 0.1) is 0 Å². The number of nitrogens with one attached hydrogen (secondary N) is 1. The van der Waals surface area contributed by atoms with Crippen molar-refractivity contribution >= 4 is 22.9 Å². The first kappa shape index (κ1) is 18.4. The summed E-state index contributed by atoms with van der Waals surface area (Å²) in [7, 11) is 0. The van der Waals surface area contributed by atoms with Crippen molar-refractivity contribution < 1.29 is 9.53 Å². The summed E-state index contributed by atoms with van der Waals surface area (Å²) in [6, 6.07) is 9.38. The van der Waals surface area contributed by atoms with E-state index in [4.69, 9.17) is 15.5 Å². The highest BCUT2D eigenvalue weighted by Crippen LogP contribution is 2.31. The Morgan fingerprint density at radius 3 is 2.86 bits per heavy atom. The zero-order chi connectivity index (χ0) is 19.5. The van der Waals surface area contributed by atoms with Crippen molar-refractivity contribution in [2.24, 2.45) is 5.73 Å².